The number of hydrogen-bond donors (Lipinski definition) is 1. The predicted octanol–water partition coefficient (Wildman–Crippen LogP) is 3.75. The lowest BCUT2D eigenvalue weighted by molar-refractivity contribution is 0.296. The van der Waals surface area contributed by atoms with Crippen molar-refractivity contribution in [2.24, 2.45) is 5.73 Å². The topological polar surface area (TPSA) is 48.1 Å². The minimum absolute atomic E-state index is 0.0477. The van der Waals surface area contributed by atoms with Crippen LogP contribution in [-0.2, 0) is 6.61 Å². The van der Waals surface area contributed by atoms with Crippen LogP contribution in [0.5, 0.6) is 5.75 Å². The summed E-state index contributed by atoms with van der Waals surface area (Å²) in [4.78, 5) is 4.29. The maximum atomic E-state index is 5.95. The Labute approximate surface area is 121 Å². The number of benzene rings is 1. The van der Waals surface area contributed by atoms with Gasteiger partial charge in [-0.15, -0.1) is 0 Å². The lowest BCUT2D eigenvalue weighted by Crippen LogP contribution is -2.08. The molecule has 0 bridgehead atoms. The average Bonchev–Trinajstić information content (AvgIpc) is 2.38. The molecule has 2 aromatic rings. The molecular weight excluding hydrogens is 304 g/mol. The summed E-state index contributed by atoms with van der Waals surface area (Å²) < 4.78 is 6.81. The number of halogens is 1. The number of nitrogens with zero attached hydrogens (tertiary/aromatic N) is 1. The van der Waals surface area contributed by atoms with Crippen LogP contribution in [0.4, 0.5) is 0 Å². The van der Waals surface area contributed by atoms with Crippen molar-refractivity contribution >= 4 is 15.9 Å². The quantitative estimate of drug-likeness (QED) is 0.933. The molecule has 0 aliphatic heterocycles. The molecule has 0 amide bonds. The number of aryl methyl sites for hydroxylation is 1. The molecule has 100 valence electrons. The first-order valence-corrected chi connectivity index (χ1v) is 6.95. The van der Waals surface area contributed by atoms with Gasteiger partial charge in [0.1, 0.15) is 12.4 Å². The van der Waals surface area contributed by atoms with Crippen LogP contribution in [0.25, 0.3) is 0 Å². The third-order valence-electron chi connectivity index (χ3n) is 2.82. The first-order valence-electron chi connectivity index (χ1n) is 6.15. The number of pyridine rings is 1. The molecule has 3 nitrogen and oxygen atoms in total. The van der Waals surface area contributed by atoms with Gasteiger partial charge in [-0.25, -0.2) is 0 Å². The second kappa shape index (κ2) is 6.17. The summed E-state index contributed by atoms with van der Waals surface area (Å²) in [6.07, 6.45) is 1.77. The summed E-state index contributed by atoms with van der Waals surface area (Å²) in [6, 6.07) is 9.92. The summed E-state index contributed by atoms with van der Waals surface area (Å²) in [5, 5.41) is 0. The van der Waals surface area contributed by atoms with E-state index < -0.39 is 0 Å². The average molecular weight is 321 g/mol. The molecule has 0 aliphatic carbocycles. The zero-order valence-electron chi connectivity index (χ0n) is 11.1. The monoisotopic (exact) mass is 320 g/mol. The predicted molar refractivity (Wildman–Crippen MR) is 80.1 cm³/mol. The van der Waals surface area contributed by atoms with Crippen molar-refractivity contribution in [3.05, 3.63) is 57.8 Å². The van der Waals surface area contributed by atoms with Gasteiger partial charge in [0.15, 0.2) is 0 Å². The molecule has 2 N–H and O–H groups in total. The van der Waals surface area contributed by atoms with Crippen molar-refractivity contribution in [3.63, 3.8) is 0 Å². The Morgan fingerprint density at radius 1 is 1.32 bits per heavy atom. The van der Waals surface area contributed by atoms with Crippen LogP contribution in [0.15, 0.2) is 41.0 Å². The maximum Gasteiger partial charge on any atom is 0.130 e. The van der Waals surface area contributed by atoms with E-state index in [0.29, 0.717) is 6.61 Å². The van der Waals surface area contributed by atoms with Gasteiger partial charge in [0, 0.05) is 22.3 Å². The molecule has 0 unspecified atom stereocenters. The van der Waals surface area contributed by atoms with E-state index in [0.717, 1.165) is 27.0 Å². The number of hydrogen-bond acceptors (Lipinski definition) is 3. The van der Waals surface area contributed by atoms with Gasteiger partial charge >= 0.3 is 0 Å². The van der Waals surface area contributed by atoms with Crippen molar-refractivity contribution in [2.45, 2.75) is 26.5 Å². The van der Waals surface area contributed by atoms with Gasteiger partial charge in [0.2, 0.25) is 0 Å². The Morgan fingerprint density at radius 3 is 2.74 bits per heavy atom. The van der Waals surface area contributed by atoms with Crippen molar-refractivity contribution in [1.82, 2.24) is 4.98 Å². The fourth-order valence-electron chi connectivity index (χ4n) is 1.79. The summed E-state index contributed by atoms with van der Waals surface area (Å²) >= 11 is 3.36. The minimum atomic E-state index is -0.0477. The summed E-state index contributed by atoms with van der Waals surface area (Å²) in [6.45, 7) is 4.43. The van der Waals surface area contributed by atoms with E-state index in [1.165, 1.54) is 0 Å². The van der Waals surface area contributed by atoms with E-state index in [4.69, 9.17) is 10.5 Å². The van der Waals surface area contributed by atoms with Crippen LogP contribution in [0, 0.1) is 6.92 Å². The Bertz CT molecular complexity index is 553. The standard InChI is InChI=1S/C15H17BrN2O/c1-10-3-6-14(11(2)17)15(7-10)19-9-13-5-4-12(16)8-18-13/h3-8,11H,9,17H2,1-2H3/t11-/m0/s1. The molecule has 1 aromatic heterocycles. The van der Waals surface area contributed by atoms with Gasteiger partial charge in [0.25, 0.3) is 0 Å². The van der Waals surface area contributed by atoms with Crippen LogP contribution in [0.2, 0.25) is 0 Å². The van der Waals surface area contributed by atoms with E-state index in [9.17, 15) is 0 Å². The van der Waals surface area contributed by atoms with Gasteiger partial charge in [0.05, 0.1) is 5.69 Å². The van der Waals surface area contributed by atoms with Gasteiger partial charge in [-0.2, -0.15) is 0 Å². The first-order chi connectivity index (χ1) is 9.06. The maximum absolute atomic E-state index is 5.95. The Balaban J connectivity index is 2.14. The SMILES string of the molecule is Cc1ccc([C@H](C)N)c(OCc2ccc(Br)cn2)c1. The van der Waals surface area contributed by atoms with Gasteiger partial charge < -0.3 is 10.5 Å². The third kappa shape index (κ3) is 3.78. The molecule has 0 saturated carbocycles. The first kappa shape index (κ1) is 14.0. The van der Waals surface area contributed by atoms with E-state index >= 15 is 0 Å². The lowest BCUT2D eigenvalue weighted by atomic mass is 10.1. The molecule has 1 heterocycles. The molecule has 0 spiro atoms. The zero-order chi connectivity index (χ0) is 13.8. The highest BCUT2D eigenvalue weighted by Gasteiger charge is 2.08. The molecule has 1 aromatic carbocycles. The normalized spacial score (nSPS) is 12.2. The Morgan fingerprint density at radius 2 is 2.11 bits per heavy atom. The number of aromatic nitrogens is 1. The van der Waals surface area contributed by atoms with Crippen molar-refractivity contribution in [3.8, 4) is 5.75 Å². The number of ether oxygens (including phenoxy) is 1. The molecule has 0 saturated heterocycles. The van der Waals surface area contributed by atoms with Gasteiger partial charge in [-0.3, -0.25) is 4.98 Å². The van der Waals surface area contributed by atoms with Crippen molar-refractivity contribution in [1.29, 1.82) is 0 Å². The number of nitrogens with two attached hydrogens (primary N) is 1. The summed E-state index contributed by atoms with van der Waals surface area (Å²) in [5.41, 5.74) is 9.01. The molecular formula is C15H17BrN2O. The van der Waals surface area contributed by atoms with E-state index in [-0.39, 0.29) is 6.04 Å². The number of rotatable bonds is 4. The highest BCUT2D eigenvalue weighted by molar-refractivity contribution is 9.10. The second-order valence-corrected chi connectivity index (χ2v) is 5.50. The molecule has 0 radical (unpaired) electrons. The molecule has 19 heavy (non-hydrogen) atoms. The van der Waals surface area contributed by atoms with Crippen LogP contribution >= 0.6 is 15.9 Å². The third-order valence-corrected chi connectivity index (χ3v) is 3.29. The van der Waals surface area contributed by atoms with Crippen molar-refractivity contribution in [2.75, 3.05) is 0 Å². The molecule has 1 atom stereocenters. The van der Waals surface area contributed by atoms with E-state index in [1.807, 2.05) is 44.2 Å². The van der Waals surface area contributed by atoms with Gasteiger partial charge in [-0.05, 0) is 53.5 Å². The molecule has 0 fully saturated rings. The Hall–Kier alpha value is -1.39. The zero-order valence-corrected chi connectivity index (χ0v) is 12.6. The Kier molecular flexibility index (Phi) is 4.56. The molecule has 0 aliphatic rings. The van der Waals surface area contributed by atoms with Crippen LogP contribution < -0.4 is 10.5 Å². The van der Waals surface area contributed by atoms with E-state index in [2.05, 4.69) is 20.9 Å². The lowest BCUT2D eigenvalue weighted by Gasteiger charge is -2.14. The summed E-state index contributed by atoms with van der Waals surface area (Å²) in [5.74, 6) is 0.833. The fraction of sp³-hybridized carbons (Fsp3) is 0.267. The minimum Gasteiger partial charge on any atom is -0.487 e. The molecule has 2 rings (SSSR count). The van der Waals surface area contributed by atoms with E-state index in [1.54, 1.807) is 6.20 Å². The van der Waals surface area contributed by atoms with Crippen LogP contribution in [0.3, 0.4) is 0 Å². The smallest absolute Gasteiger partial charge is 0.130 e. The highest BCUT2D eigenvalue weighted by atomic mass is 79.9. The van der Waals surface area contributed by atoms with Crippen LogP contribution in [-0.4, -0.2) is 4.98 Å². The molecule has 4 heteroatoms. The van der Waals surface area contributed by atoms with Gasteiger partial charge in [-0.1, -0.05) is 12.1 Å². The summed E-state index contributed by atoms with van der Waals surface area (Å²) in [7, 11) is 0. The highest BCUT2D eigenvalue weighted by Crippen LogP contribution is 2.25. The van der Waals surface area contributed by atoms with Crippen LogP contribution in [0.1, 0.15) is 29.8 Å². The second-order valence-electron chi connectivity index (χ2n) is 4.59. The fourth-order valence-corrected chi connectivity index (χ4v) is 2.02. The largest absolute Gasteiger partial charge is 0.487 e. The van der Waals surface area contributed by atoms with Crippen molar-refractivity contribution < 1.29 is 4.74 Å².